The second-order valence-corrected chi connectivity index (χ2v) is 3.31. The van der Waals surface area contributed by atoms with E-state index >= 15 is 0 Å². The van der Waals surface area contributed by atoms with Crippen molar-refractivity contribution in [1.82, 2.24) is 9.97 Å². The van der Waals surface area contributed by atoms with Crippen LogP contribution in [0.4, 0.5) is 5.95 Å². The van der Waals surface area contributed by atoms with Gasteiger partial charge in [-0.2, -0.15) is 4.98 Å². The van der Waals surface area contributed by atoms with Crippen molar-refractivity contribution in [1.29, 1.82) is 0 Å². The number of nitrogen functional groups attached to an aromatic ring is 1. The summed E-state index contributed by atoms with van der Waals surface area (Å²) in [7, 11) is 1.55. The molecule has 15 heavy (non-hydrogen) atoms. The Hall–Kier alpha value is -1.62. The fourth-order valence-electron chi connectivity index (χ4n) is 1.08. The minimum absolute atomic E-state index is 0.141. The lowest BCUT2D eigenvalue weighted by atomic mass is 10.2. The third kappa shape index (κ3) is 3.55. The summed E-state index contributed by atoms with van der Waals surface area (Å²) < 4.78 is 5.07. The minimum atomic E-state index is 0.141. The molecule has 1 heterocycles. The number of rotatable bonds is 4. The van der Waals surface area contributed by atoms with E-state index in [4.69, 9.17) is 16.2 Å². The summed E-state index contributed by atoms with van der Waals surface area (Å²) in [5.74, 6) is 0.680. The van der Waals surface area contributed by atoms with Gasteiger partial charge in [-0.15, -0.1) is 0 Å². The van der Waals surface area contributed by atoms with Gasteiger partial charge in [0.15, 0.2) is 0 Å². The summed E-state index contributed by atoms with van der Waals surface area (Å²) in [5.41, 5.74) is 11.8. The highest BCUT2D eigenvalue weighted by molar-refractivity contribution is 5.54. The minimum Gasteiger partial charge on any atom is -0.480 e. The predicted octanol–water partition coefficient (Wildman–Crippen LogP) is 0.818. The number of aromatic nitrogens is 2. The second-order valence-electron chi connectivity index (χ2n) is 3.31. The highest BCUT2D eigenvalue weighted by Crippen LogP contribution is 2.16. The predicted molar refractivity (Wildman–Crippen MR) is 60.3 cm³/mol. The highest BCUT2D eigenvalue weighted by atomic mass is 16.5. The number of methoxy groups -OCH3 is 1. The number of anilines is 1. The SMILES string of the molecule is COc1nc(N)ncc1/C=C/C[C@H](C)N. The molecule has 5 heteroatoms. The van der Waals surface area contributed by atoms with Crippen LogP contribution in [-0.4, -0.2) is 23.1 Å². The van der Waals surface area contributed by atoms with Crippen molar-refractivity contribution in [3.05, 3.63) is 17.8 Å². The van der Waals surface area contributed by atoms with Gasteiger partial charge in [0.1, 0.15) is 0 Å². The van der Waals surface area contributed by atoms with Gasteiger partial charge in [0.2, 0.25) is 11.8 Å². The molecule has 1 atom stereocenters. The van der Waals surface area contributed by atoms with Gasteiger partial charge in [0.05, 0.1) is 12.7 Å². The highest BCUT2D eigenvalue weighted by Gasteiger charge is 2.02. The Kier molecular flexibility index (Phi) is 4.05. The monoisotopic (exact) mass is 208 g/mol. The third-order valence-corrected chi connectivity index (χ3v) is 1.80. The second kappa shape index (κ2) is 5.31. The van der Waals surface area contributed by atoms with E-state index in [9.17, 15) is 0 Å². The van der Waals surface area contributed by atoms with Crippen molar-refractivity contribution in [2.75, 3.05) is 12.8 Å². The summed E-state index contributed by atoms with van der Waals surface area (Å²) in [4.78, 5) is 7.84. The first-order chi connectivity index (χ1) is 7.13. The van der Waals surface area contributed by atoms with Gasteiger partial charge in [0.25, 0.3) is 0 Å². The molecule has 0 spiro atoms. The summed E-state index contributed by atoms with van der Waals surface area (Å²) in [6.45, 7) is 1.95. The van der Waals surface area contributed by atoms with Crippen LogP contribution in [0.25, 0.3) is 6.08 Å². The van der Waals surface area contributed by atoms with Crippen molar-refractivity contribution in [3.63, 3.8) is 0 Å². The molecular weight excluding hydrogens is 192 g/mol. The van der Waals surface area contributed by atoms with E-state index in [1.807, 2.05) is 19.1 Å². The maximum absolute atomic E-state index is 5.62. The van der Waals surface area contributed by atoms with Gasteiger partial charge in [-0.05, 0) is 13.3 Å². The first-order valence-corrected chi connectivity index (χ1v) is 4.72. The molecule has 0 aliphatic carbocycles. The fraction of sp³-hybridized carbons (Fsp3) is 0.400. The lowest BCUT2D eigenvalue weighted by Gasteiger charge is -2.03. The molecule has 5 nitrogen and oxygen atoms in total. The maximum Gasteiger partial charge on any atom is 0.225 e. The first-order valence-electron chi connectivity index (χ1n) is 4.72. The Balaban J connectivity index is 2.80. The van der Waals surface area contributed by atoms with Crippen LogP contribution in [0, 0.1) is 0 Å². The van der Waals surface area contributed by atoms with E-state index in [1.165, 1.54) is 0 Å². The molecule has 0 amide bonds. The number of ether oxygens (including phenoxy) is 1. The van der Waals surface area contributed by atoms with Crippen LogP contribution in [-0.2, 0) is 0 Å². The van der Waals surface area contributed by atoms with Crippen LogP contribution in [0.5, 0.6) is 5.88 Å². The van der Waals surface area contributed by atoms with Crippen LogP contribution in [0.3, 0.4) is 0 Å². The van der Waals surface area contributed by atoms with Crippen LogP contribution >= 0.6 is 0 Å². The van der Waals surface area contributed by atoms with E-state index < -0.39 is 0 Å². The molecule has 1 rings (SSSR count). The summed E-state index contributed by atoms with van der Waals surface area (Å²) in [6.07, 6.45) is 6.26. The molecule has 82 valence electrons. The van der Waals surface area contributed by atoms with Gasteiger partial charge in [0, 0.05) is 12.2 Å². The normalized spacial score (nSPS) is 13.0. The number of hydrogen-bond acceptors (Lipinski definition) is 5. The zero-order valence-corrected chi connectivity index (χ0v) is 8.97. The molecule has 0 aliphatic heterocycles. The van der Waals surface area contributed by atoms with Gasteiger partial charge < -0.3 is 16.2 Å². The molecule has 4 N–H and O–H groups in total. The Bertz CT molecular complexity index is 349. The van der Waals surface area contributed by atoms with E-state index in [0.717, 1.165) is 12.0 Å². The summed E-state index contributed by atoms with van der Waals surface area (Å²) >= 11 is 0. The molecule has 1 aromatic heterocycles. The first kappa shape index (κ1) is 11.5. The van der Waals surface area contributed by atoms with E-state index in [-0.39, 0.29) is 12.0 Å². The van der Waals surface area contributed by atoms with Gasteiger partial charge in [-0.3, -0.25) is 0 Å². The van der Waals surface area contributed by atoms with Crippen LogP contribution in [0.1, 0.15) is 18.9 Å². The quantitative estimate of drug-likeness (QED) is 0.764. The van der Waals surface area contributed by atoms with Crippen LogP contribution in [0.2, 0.25) is 0 Å². The average molecular weight is 208 g/mol. The molecule has 0 aromatic carbocycles. The molecule has 0 aliphatic rings. The van der Waals surface area contributed by atoms with E-state index in [0.29, 0.717) is 5.88 Å². The van der Waals surface area contributed by atoms with Crippen molar-refractivity contribution >= 4 is 12.0 Å². The zero-order chi connectivity index (χ0) is 11.3. The molecule has 0 unspecified atom stereocenters. The number of nitrogens with zero attached hydrogens (tertiary/aromatic N) is 2. The Morgan fingerprint density at radius 2 is 2.33 bits per heavy atom. The van der Waals surface area contributed by atoms with Gasteiger partial charge in [-0.1, -0.05) is 12.2 Å². The average Bonchev–Trinajstić information content (AvgIpc) is 2.19. The van der Waals surface area contributed by atoms with Gasteiger partial charge in [-0.25, -0.2) is 4.98 Å². The Morgan fingerprint density at radius 1 is 1.60 bits per heavy atom. The molecule has 1 aromatic rings. The Labute approximate surface area is 89.2 Å². The topological polar surface area (TPSA) is 87.0 Å². The lowest BCUT2D eigenvalue weighted by molar-refractivity contribution is 0.396. The standard InChI is InChI=1S/C10H16N4O/c1-7(11)4-3-5-8-6-13-10(12)14-9(8)15-2/h3,5-7H,4,11H2,1-2H3,(H2,12,13,14)/b5-3+/t7-/m0/s1. The van der Waals surface area contributed by atoms with Crippen molar-refractivity contribution in [2.45, 2.75) is 19.4 Å². The van der Waals surface area contributed by atoms with Crippen LogP contribution in [0.15, 0.2) is 12.3 Å². The molecule has 0 saturated carbocycles. The van der Waals surface area contributed by atoms with Gasteiger partial charge >= 0.3 is 0 Å². The fourth-order valence-corrected chi connectivity index (χ4v) is 1.08. The van der Waals surface area contributed by atoms with Crippen molar-refractivity contribution < 1.29 is 4.74 Å². The third-order valence-electron chi connectivity index (χ3n) is 1.80. The number of nitrogens with two attached hydrogens (primary N) is 2. The largest absolute Gasteiger partial charge is 0.480 e. The summed E-state index contributed by atoms with van der Waals surface area (Å²) in [6, 6.07) is 0.141. The Morgan fingerprint density at radius 3 is 2.93 bits per heavy atom. The lowest BCUT2D eigenvalue weighted by Crippen LogP contribution is -2.12. The maximum atomic E-state index is 5.62. The van der Waals surface area contributed by atoms with Crippen LogP contribution < -0.4 is 16.2 Å². The molecule has 0 bridgehead atoms. The smallest absolute Gasteiger partial charge is 0.225 e. The van der Waals surface area contributed by atoms with E-state index in [2.05, 4.69) is 9.97 Å². The molecule has 0 saturated heterocycles. The molecular formula is C10H16N4O. The van der Waals surface area contributed by atoms with Crippen molar-refractivity contribution in [2.24, 2.45) is 5.73 Å². The molecule has 0 fully saturated rings. The van der Waals surface area contributed by atoms with E-state index in [1.54, 1.807) is 13.3 Å². The zero-order valence-electron chi connectivity index (χ0n) is 8.97. The number of hydrogen-bond donors (Lipinski definition) is 2. The summed E-state index contributed by atoms with van der Waals surface area (Å²) in [5, 5.41) is 0. The van der Waals surface area contributed by atoms with Crippen molar-refractivity contribution in [3.8, 4) is 5.88 Å². The molecule has 0 radical (unpaired) electrons.